The van der Waals surface area contributed by atoms with Crippen LogP contribution in [0.15, 0.2) is 52.9 Å². The van der Waals surface area contributed by atoms with Crippen molar-refractivity contribution >= 4 is 17.1 Å². The van der Waals surface area contributed by atoms with Crippen LogP contribution in [-0.4, -0.2) is 4.98 Å². The van der Waals surface area contributed by atoms with Crippen LogP contribution < -0.4 is 5.32 Å². The minimum Gasteiger partial charge on any atom is -0.424 e. The molecule has 1 aliphatic carbocycles. The first-order chi connectivity index (χ1) is 12.3. The predicted molar refractivity (Wildman–Crippen MR) is 103 cm³/mol. The molecular weight excluding hydrogens is 308 g/mol. The number of nitrogens with zero attached hydrogens (tertiary/aromatic N) is 1. The lowest BCUT2D eigenvalue weighted by molar-refractivity contribution is 0.323. The number of aryl methyl sites for hydroxylation is 1. The molecule has 1 aliphatic rings. The van der Waals surface area contributed by atoms with Gasteiger partial charge in [-0.2, -0.15) is 4.98 Å². The summed E-state index contributed by atoms with van der Waals surface area (Å²) < 4.78 is 5.92. The van der Waals surface area contributed by atoms with E-state index >= 15 is 0 Å². The molecule has 1 unspecified atom stereocenters. The number of aromatic nitrogens is 1. The highest BCUT2D eigenvalue weighted by molar-refractivity contribution is 5.74. The number of oxazole rings is 1. The maximum absolute atomic E-state index is 5.92. The first-order valence-electron chi connectivity index (χ1n) is 9.46. The van der Waals surface area contributed by atoms with Gasteiger partial charge in [-0.05, 0) is 37.0 Å². The lowest BCUT2D eigenvalue weighted by Gasteiger charge is -2.27. The Morgan fingerprint density at radius 3 is 2.72 bits per heavy atom. The standard InChI is InChI=1S/C22H26N2O/c1-16-8-7-11-18(14-16)20(15-17-9-3-2-4-10-17)24-22-23-19-12-5-6-13-21(19)25-22/h5-8,11-14,17,20H,2-4,9-10,15H2,1H3,(H,23,24). The molecule has 0 bridgehead atoms. The molecule has 25 heavy (non-hydrogen) atoms. The van der Waals surface area contributed by atoms with Crippen LogP contribution in [0.2, 0.25) is 0 Å². The van der Waals surface area contributed by atoms with Gasteiger partial charge in [0.05, 0.1) is 6.04 Å². The molecule has 3 aromatic rings. The van der Waals surface area contributed by atoms with Gasteiger partial charge >= 0.3 is 0 Å². The molecule has 1 fully saturated rings. The average molecular weight is 334 g/mol. The fourth-order valence-corrected chi connectivity index (χ4v) is 4.00. The number of nitrogens with one attached hydrogen (secondary N) is 1. The number of rotatable bonds is 5. The molecule has 1 heterocycles. The normalized spacial score (nSPS) is 16.8. The van der Waals surface area contributed by atoms with Crippen LogP contribution in [0.25, 0.3) is 11.1 Å². The fourth-order valence-electron chi connectivity index (χ4n) is 4.00. The van der Waals surface area contributed by atoms with Crippen LogP contribution in [0.3, 0.4) is 0 Å². The van der Waals surface area contributed by atoms with E-state index in [0.717, 1.165) is 23.4 Å². The second-order valence-corrected chi connectivity index (χ2v) is 7.34. The van der Waals surface area contributed by atoms with Crippen LogP contribution in [0, 0.1) is 12.8 Å². The molecule has 3 nitrogen and oxygen atoms in total. The summed E-state index contributed by atoms with van der Waals surface area (Å²) in [5, 5.41) is 3.58. The monoisotopic (exact) mass is 334 g/mol. The van der Waals surface area contributed by atoms with E-state index in [9.17, 15) is 0 Å². The minimum atomic E-state index is 0.246. The highest BCUT2D eigenvalue weighted by Gasteiger charge is 2.22. The number of fused-ring (bicyclic) bond motifs is 1. The van der Waals surface area contributed by atoms with Crippen molar-refractivity contribution in [1.82, 2.24) is 4.98 Å². The van der Waals surface area contributed by atoms with Gasteiger partial charge in [0.2, 0.25) is 0 Å². The van der Waals surface area contributed by atoms with Gasteiger partial charge in [0.25, 0.3) is 6.01 Å². The summed E-state index contributed by atoms with van der Waals surface area (Å²) in [5.74, 6) is 0.788. The van der Waals surface area contributed by atoms with E-state index in [0.29, 0.717) is 6.01 Å². The number of hydrogen-bond donors (Lipinski definition) is 1. The summed E-state index contributed by atoms with van der Waals surface area (Å²) in [6.45, 7) is 2.15. The van der Waals surface area contributed by atoms with Gasteiger partial charge < -0.3 is 9.73 Å². The Morgan fingerprint density at radius 2 is 1.92 bits per heavy atom. The summed E-state index contributed by atoms with van der Waals surface area (Å²) in [5.41, 5.74) is 4.37. The van der Waals surface area contributed by atoms with Crippen molar-refractivity contribution in [2.45, 2.75) is 51.5 Å². The van der Waals surface area contributed by atoms with E-state index in [1.54, 1.807) is 0 Å². The van der Waals surface area contributed by atoms with E-state index < -0.39 is 0 Å². The van der Waals surface area contributed by atoms with Crippen molar-refractivity contribution in [1.29, 1.82) is 0 Å². The van der Waals surface area contributed by atoms with Crippen molar-refractivity contribution in [2.24, 2.45) is 5.92 Å². The quantitative estimate of drug-likeness (QED) is 0.598. The van der Waals surface area contributed by atoms with E-state index in [4.69, 9.17) is 4.42 Å². The van der Waals surface area contributed by atoms with Crippen LogP contribution in [0.1, 0.15) is 55.7 Å². The summed E-state index contributed by atoms with van der Waals surface area (Å²) >= 11 is 0. The Hall–Kier alpha value is -2.29. The SMILES string of the molecule is Cc1cccc(C(CC2CCCCC2)Nc2nc3ccccc3o2)c1. The molecule has 0 radical (unpaired) electrons. The zero-order valence-corrected chi connectivity index (χ0v) is 14.9. The number of para-hydroxylation sites is 2. The van der Waals surface area contributed by atoms with Crippen LogP contribution in [-0.2, 0) is 0 Å². The fraction of sp³-hybridized carbons (Fsp3) is 0.409. The molecule has 1 aromatic heterocycles. The summed E-state index contributed by atoms with van der Waals surface area (Å²) in [6, 6.07) is 17.6. The average Bonchev–Trinajstić information content (AvgIpc) is 3.04. The minimum absolute atomic E-state index is 0.246. The molecule has 2 aromatic carbocycles. The van der Waals surface area contributed by atoms with Crippen LogP contribution in [0.4, 0.5) is 6.01 Å². The summed E-state index contributed by atoms with van der Waals surface area (Å²) in [6.07, 6.45) is 7.96. The predicted octanol–water partition coefficient (Wildman–Crippen LogP) is 6.26. The van der Waals surface area contributed by atoms with Gasteiger partial charge in [-0.1, -0.05) is 74.1 Å². The second-order valence-electron chi connectivity index (χ2n) is 7.34. The Balaban J connectivity index is 1.59. The Kier molecular flexibility index (Phi) is 4.73. The smallest absolute Gasteiger partial charge is 0.296 e. The van der Waals surface area contributed by atoms with Crippen molar-refractivity contribution in [3.8, 4) is 0 Å². The third-order valence-corrected chi connectivity index (χ3v) is 5.33. The molecule has 4 rings (SSSR count). The third kappa shape index (κ3) is 3.87. The van der Waals surface area contributed by atoms with Gasteiger partial charge in [0, 0.05) is 0 Å². The van der Waals surface area contributed by atoms with Gasteiger partial charge in [0.1, 0.15) is 5.52 Å². The van der Waals surface area contributed by atoms with E-state index in [1.807, 2.05) is 24.3 Å². The first kappa shape index (κ1) is 16.2. The molecule has 1 saturated carbocycles. The molecule has 0 saturated heterocycles. The largest absolute Gasteiger partial charge is 0.424 e. The number of benzene rings is 2. The first-order valence-corrected chi connectivity index (χ1v) is 9.46. The third-order valence-electron chi connectivity index (χ3n) is 5.33. The summed E-state index contributed by atoms with van der Waals surface area (Å²) in [4.78, 5) is 4.62. The maximum atomic E-state index is 5.92. The van der Waals surface area contributed by atoms with Crippen molar-refractivity contribution in [2.75, 3.05) is 5.32 Å². The summed E-state index contributed by atoms with van der Waals surface area (Å²) in [7, 11) is 0. The van der Waals surface area contributed by atoms with Crippen molar-refractivity contribution in [3.63, 3.8) is 0 Å². The molecule has 0 spiro atoms. The Morgan fingerprint density at radius 1 is 1.08 bits per heavy atom. The highest BCUT2D eigenvalue weighted by Crippen LogP contribution is 2.34. The maximum Gasteiger partial charge on any atom is 0.296 e. The zero-order chi connectivity index (χ0) is 17.1. The Bertz CT molecular complexity index is 800. The number of anilines is 1. The molecule has 130 valence electrons. The van der Waals surface area contributed by atoms with Gasteiger partial charge in [-0.25, -0.2) is 0 Å². The molecule has 1 N–H and O–H groups in total. The molecule has 0 amide bonds. The van der Waals surface area contributed by atoms with Gasteiger partial charge in [-0.3, -0.25) is 0 Å². The molecular formula is C22H26N2O. The van der Waals surface area contributed by atoms with Crippen LogP contribution in [0.5, 0.6) is 0 Å². The molecule has 0 aliphatic heterocycles. The van der Waals surface area contributed by atoms with Crippen LogP contribution >= 0.6 is 0 Å². The lowest BCUT2D eigenvalue weighted by atomic mass is 9.83. The number of hydrogen-bond acceptors (Lipinski definition) is 3. The lowest BCUT2D eigenvalue weighted by Crippen LogP contribution is -2.17. The molecule has 3 heteroatoms. The van der Waals surface area contributed by atoms with E-state index in [1.165, 1.54) is 43.2 Å². The topological polar surface area (TPSA) is 38.1 Å². The van der Waals surface area contributed by atoms with E-state index in [-0.39, 0.29) is 6.04 Å². The van der Waals surface area contributed by atoms with Gasteiger partial charge in [-0.15, -0.1) is 0 Å². The van der Waals surface area contributed by atoms with Crippen molar-refractivity contribution in [3.05, 3.63) is 59.7 Å². The van der Waals surface area contributed by atoms with Gasteiger partial charge in [0.15, 0.2) is 5.58 Å². The zero-order valence-electron chi connectivity index (χ0n) is 14.9. The van der Waals surface area contributed by atoms with Crippen molar-refractivity contribution < 1.29 is 4.42 Å². The Labute approximate surface area is 149 Å². The van der Waals surface area contributed by atoms with E-state index in [2.05, 4.69) is 41.5 Å². The second kappa shape index (κ2) is 7.30. The molecule has 1 atom stereocenters. The highest BCUT2D eigenvalue weighted by atomic mass is 16.4.